The highest BCUT2D eigenvalue weighted by Crippen LogP contribution is 2.28. The van der Waals surface area contributed by atoms with Gasteiger partial charge in [0.05, 0.1) is 30.0 Å². The van der Waals surface area contributed by atoms with Crippen molar-refractivity contribution in [2.24, 2.45) is 5.10 Å². The molecule has 0 atom stereocenters. The third-order valence-electron chi connectivity index (χ3n) is 4.45. The van der Waals surface area contributed by atoms with E-state index in [0.29, 0.717) is 33.3 Å². The maximum atomic E-state index is 12.4. The fourth-order valence-corrected chi connectivity index (χ4v) is 3.12. The Morgan fingerprint density at radius 1 is 0.970 bits per heavy atom. The molecule has 2 N–H and O–H groups in total. The molecular weight excluding hydrogens is 442 g/mol. The largest absolute Gasteiger partial charge is 0.493 e. The van der Waals surface area contributed by atoms with Gasteiger partial charge in [0.25, 0.3) is 11.8 Å². The first kappa shape index (κ1) is 23.8. The normalized spacial score (nSPS) is 10.8. The molecule has 170 valence electrons. The number of benzene rings is 3. The molecule has 0 aliphatic rings. The summed E-state index contributed by atoms with van der Waals surface area (Å²) in [6, 6.07) is 18.6. The summed E-state index contributed by atoms with van der Waals surface area (Å²) in [7, 11) is 1.56. The van der Waals surface area contributed by atoms with E-state index in [4.69, 9.17) is 21.1 Å². The number of hydrazone groups is 1. The summed E-state index contributed by atoms with van der Waals surface area (Å²) in [5, 5.41) is 7.11. The third kappa shape index (κ3) is 6.57. The van der Waals surface area contributed by atoms with Crippen LogP contribution in [-0.2, 0) is 0 Å². The molecule has 0 saturated carbocycles. The highest BCUT2D eigenvalue weighted by molar-refractivity contribution is 6.34. The zero-order valence-electron chi connectivity index (χ0n) is 18.5. The van der Waals surface area contributed by atoms with Gasteiger partial charge in [-0.05, 0) is 74.0 Å². The van der Waals surface area contributed by atoms with E-state index in [0.717, 1.165) is 5.56 Å². The highest BCUT2D eigenvalue weighted by Gasteiger charge is 2.11. The minimum Gasteiger partial charge on any atom is -0.493 e. The Morgan fingerprint density at radius 2 is 1.70 bits per heavy atom. The van der Waals surface area contributed by atoms with Crippen LogP contribution in [-0.4, -0.2) is 31.2 Å². The first-order valence-corrected chi connectivity index (χ1v) is 10.6. The van der Waals surface area contributed by atoms with Gasteiger partial charge in [-0.25, -0.2) is 5.43 Å². The average Bonchev–Trinajstić information content (AvgIpc) is 2.80. The summed E-state index contributed by atoms with van der Waals surface area (Å²) in [5.74, 6) is 0.494. The van der Waals surface area contributed by atoms with E-state index >= 15 is 0 Å². The maximum absolute atomic E-state index is 12.4. The van der Waals surface area contributed by atoms with Crippen LogP contribution in [0.5, 0.6) is 11.5 Å². The van der Waals surface area contributed by atoms with Crippen molar-refractivity contribution in [1.29, 1.82) is 0 Å². The first-order valence-electron chi connectivity index (χ1n) is 10.2. The summed E-state index contributed by atoms with van der Waals surface area (Å²) < 4.78 is 11.0. The number of carbonyl (C=O) groups is 2. The lowest BCUT2D eigenvalue weighted by molar-refractivity contribution is 0.0954. The Morgan fingerprint density at radius 3 is 2.36 bits per heavy atom. The Hall–Kier alpha value is -3.84. The Bertz CT molecular complexity index is 1160. The summed E-state index contributed by atoms with van der Waals surface area (Å²) in [4.78, 5) is 24.7. The first-order chi connectivity index (χ1) is 15.9. The monoisotopic (exact) mass is 465 g/mol. The second kappa shape index (κ2) is 11.2. The number of nitrogens with one attached hydrogen (secondary N) is 2. The third-order valence-corrected chi connectivity index (χ3v) is 4.78. The Kier molecular flexibility index (Phi) is 8.05. The van der Waals surface area contributed by atoms with Crippen molar-refractivity contribution in [2.45, 2.75) is 20.0 Å². The molecule has 0 bridgehead atoms. The molecular formula is C25H24ClN3O4. The molecule has 3 aromatic carbocycles. The number of carbonyl (C=O) groups excluding carboxylic acids is 2. The number of nitrogens with zero attached hydrogens (tertiary/aromatic N) is 1. The molecule has 3 rings (SSSR count). The van der Waals surface area contributed by atoms with Gasteiger partial charge in [-0.1, -0.05) is 23.7 Å². The Labute approximate surface area is 197 Å². The lowest BCUT2D eigenvalue weighted by atomic mass is 10.1. The average molecular weight is 466 g/mol. The number of halogens is 1. The van der Waals surface area contributed by atoms with Crippen LogP contribution in [0.3, 0.4) is 0 Å². The van der Waals surface area contributed by atoms with E-state index in [1.54, 1.807) is 67.8 Å². The van der Waals surface area contributed by atoms with Crippen LogP contribution in [0.2, 0.25) is 5.02 Å². The lowest BCUT2D eigenvalue weighted by Crippen LogP contribution is -2.18. The molecule has 0 unspecified atom stereocenters. The minimum absolute atomic E-state index is 0.0218. The predicted octanol–water partition coefficient (Wildman–Crippen LogP) is 5.15. The van der Waals surface area contributed by atoms with Gasteiger partial charge >= 0.3 is 0 Å². The quantitative estimate of drug-likeness (QED) is 0.355. The van der Waals surface area contributed by atoms with Crippen molar-refractivity contribution in [3.63, 3.8) is 0 Å². The van der Waals surface area contributed by atoms with Crippen LogP contribution in [0.4, 0.5) is 5.69 Å². The van der Waals surface area contributed by atoms with Crippen LogP contribution in [0.15, 0.2) is 71.8 Å². The number of ether oxygens (including phenoxy) is 2. The molecule has 0 aliphatic carbocycles. The molecule has 0 spiro atoms. The smallest absolute Gasteiger partial charge is 0.271 e. The van der Waals surface area contributed by atoms with Gasteiger partial charge in [-0.3, -0.25) is 9.59 Å². The SMILES string of the molecule is COc1cc(/C=N/NC(=O)c2ccc(NC(=O)c3ccccc3Cl)cc2)ccc1OC(C)C. The molecule has 7 nitrogen and oxygen atoms in total. The van der Waals surface area contributed by atoms with Gasteiger partial charge in [0.1, 0.15) is 0 Å². The molecule has 2 amide bonds. The second-order valence-corrected chi connectivity index (χ2v) is 7.69. The molecule has 3 aromatic rings. The lowest BCUT2D eigenvalue weighted by Gasteiger charge is -2.13. The molecule has 33 heavy (non-hydrogen) atoms. The fourth-order valence-electron chi connectivity index (χ4n) is 2.89. The van der Waals surface area contributed by atoms with E-state index in [1.807, 2.05) is 19.9 Å². The summed E-state index contributed by atoms with van der Waals surface area (Å²) >= 11 is 6.05. The van der Waals surface area contributed by atoms with Gasteiger partial charge in [-0.15, -0.1) is 0 Å². The molecule has 0 fully saturated rings. The zero-order valence-corrected chi connectivity index (χ0v) is 19.2. The van der Waals surface area contributed by atoms with Crippen molar-refractivity contribution in [3.8, 4) is 11.5 Å². The van der Waals surface area contributed by atoms with Gasteiger partial charge in [-0.2, -0.15) is 5.10 Å². The number of rotatable bonds is 8. The number of amides is 2. The minimum atomic E-state index is -0.387. The van der Waals surface area contributed by atoms with Crippen molar-refractivity contribution >= 4 is 35.3 Å². The predicted molar refractivity (Wildman–Crippen MR) is 130 cm³/mol. The van der Waals surface area contributed by atoms with Crippen LogP contribution in [0, 0.1) is 0 Å². The Balaban J connectivity index is 1.59. The fraction of sp³-hybridized carbons (Fsp3) is 0.160. The molecule has 0 aromatic heterocycles. The van der Waals surface area contributed by atoms with Crippen LogP contribution < -0.4 is 20.2 Å². The number of methoxy groups -OCH3 is 1. The van der Waals surface area contributed by atoms with Crippen LogP contribution in [0.25, 0.3) is 0 Å². The van der Waals surface area contributed by atoms with Crippen molar-refractivity contribution in [1.82, 2.24) is 5.43 Å². The zero-order chi connectivity index (χ0) is 23.8. The highest BCUT2D eigenvalue weighted by atomic mass is 35.5. The van der Waals surface area contributed by atoms with E-state index < -0.39 is 0 Å². The molecule has 0 saturated heterocycles. The van der Waals surface area contributed by atoms with E-state index in [2.05, 4.69) is 15.8 Å². The van der Waals surface area contributed by atoms with Crippen molar-refractivity contribution in [3.05, 3.63) is 88.4 Å². The maximum Gasteiger partial charge on any atom is 0.271 e. The van der Waals surface area contributed by atoms with E-state index in [9.17, 15) is 9.59 Å². The molecule has 8 heteroatoms. The van der Waals surface area contributed by atoms with Gasteiger partial charge in [0.15, 0.2) is 11.5 Å². The topological polar surface area (TPSA) is 89.0 Å². The standard InChI is InChI=1S/C25H24ClN3O4/c1-16(2)33-22-13-8-17(14-23(22)32-3)15-27-29-24(30)18-9-11-19(12-10-18)28-25(31)20-6-4-5-7-21(20)26/h4-16H,1-3H3,(H,28,31)(H,29,30)/b27-15+. The molecule has 0 heterocycles. The number of hydrogen-bond acceptors (Lipinski definition) is 5. The van der Waals surface area contributed by atoms with Gasteiger partial charge in [0.2, 0.25) is 0 Å². The summed E-state index contributed by atoms with van der Waals surface area (Å²) in [6.07, 6.45) is 1.53. The van der Waals surface area contributed by atoms with Crippen molar-refractivity contribution < 1.29 is 19.1 Å². The van der Waals surface area contributed by atoms with Crippen molar-refractivity contribution in [2.75, 3.05) is 12.4 Å². The van der Waals surface area contributed by atoms with E-state index in [-0.39, 0.29) is 17.9 Å². The summed E-state index contributed by atoms with van der Waals surface area (Å²) in [6.45, 7) is 3.87. The molecule has 0 aliphatic heterocycles. The number of anilines is 1. The van der Waals surface area contributed by atoms with Gasteiger partial charge in [0, 0.05) is 11.3 Å². The molecule has 0 radical (unpaired) electrons. The van der Waals surface area contributed by atoms with Crippen LogP contribution in [0.1, 0.15) is 40.1 Å². The van der Waals surface area contributed by atoms with Crippen LogP contribution >= 0.6 is 11.6 Å². The van der Waals surface area contributed by atoms with E-state index in [1.165, 1.54) is 6.21 Å². The second-order valence-electron chi connectivity index (χ2n) is 7.29. The van der Waals surface area contributed by atoms with Gasteiger partial charge < -0.3 is 14.8 Å². The number of hydrogen-bond donors (Lipinski definition) is 2. The summed E-state index contributed by atoms with van der Waals surface area (Å²) in [5.41, 5.74) is 4.51.